The molecule has 0 bridgehead atoms. The van der Waals surface area contributed by atoms with Gasteiger partial charge in [0.05, 0.1) is 46.6 Å². The number of rotatable bonds is 8. The number of hydrogen-bond donors (Lipinski definition) is 1. The molecule has 2 aromatic carbocycles. The molecule has 40 heavy (non-hydrogen) atoms. The number of nitrogens with one attached hydrogen (secondary N) is 1. The van der Waals surface area contributed by atoms with E-state index in [0.29, 0.717) is 49.6 Å². The number of aromatic nitrogens is 4. The van der Waals surface area contributed by atoms with Crippen molar-refractivity contribution in [2.24, 2.45) is 0 Å². The third kappa shape index (κ3) is 6.05. The van der Waals surface area contributed by atoms with Gasteiger partial charge in [-0.3, -0.25) is 10.3 Å². The summed E-state index contributed by atoms with van der Waals surface area (Å²) in [4.78, 5) is 29.5. The lowest BCUT2D eigenvalue weighted by Crippen LogP contribution is -2.32. The number of benzene rings is 2. The molecule has 0 spiro atoms. The van der Waals surface area contributed by atoms with Gasteiger partial charge in [-0.2, -0.15) is 0 Å². The summed E-state index contributed by atoms with van der Waals surface area (Å²) in [5.74, 6) is 0.661. The van der Waals surface area contributed by atoms with Gasteiger partial charge in [0, 0.05) is 28.1 Å². The van der Waals surface area contributed by atoms with Crippen LogP contribution in [-0.4, -0.2) is 44.8 Å². The van der Waals surface area contributed by atoms with Gasteiger partial charge >= 0.3 is 6.09 Å². The van der Waals surface area contributed by atoms with Crippen LogP contribution in [0.4, 0.5) is 14.9 Å². The number of hydrogen-bond acceptors (Lipinski definition) is 9. The van der Waals surface area contributed by atoms with Crippen LogP contribution in [0.25, 0.3) is 31.7 Å². The van der Waals surface area contributed by atoms with E-state index in [1.807, 2.05) is 19.1 Å². The molecule has 0 saturated heterocycles. The third-order valence-corrected chi connectivity index (χ3v) is 7.27. The monoisotopic (exact) mass is 581 g/mol. The molecule has 5 rings (SSSR count). The first kappa shape index (κ1) is 27.5. The van der Waals surface area contributed by atoms with Crippen LogP contribution in [0.2, 0.25) is 5.02 Å². The van der Waals surface area contributed by atoms with E-state index in [1.165, 1.54) is 29.8 Å². The van der Waals surface area contributed by atoms with Crippen molar-refractivity contribution >= 4 is 55.8 Å². The number of halogens is 2. The van der Waals surface area contributed by atoms with Gasteiger partial charge in [0.15, 0.2) is 11.6 Å². The highest BCUT2D eigenvalue weighted by Crippen LogP contribution is 2.38. The minimum atomic E-state index is -0.700. The summed E-state index contributed by atoms with van der Waals surface area (Å²) < 4.78 is 32.5. The number of aryl methyl sites for hydroxylation is 1. The molecule has 0 fully saturated rings. The summed E-state index contributed by atoms with van der Waals surface area (Å²) in [5, 5.41) is 4.52. The Labute approximate surface area is 238 Å². The Morgan fingerprint density at radius 3 is 2.60 bits per heavy atom. The molecule has 0 radical (unpaired) electrons. The fraction of sp³-hybridized carbons (Fsp3) is 0.250. The first-order chi connectivity index (χ1) is 19.2. The van der Waals surface area contributed by atoms with Crippen LogP contribution >= 0.6 is 22.9 Å². The number of thiazole rings is 1. The first-order valence-electron chi connectivity index (χ1n) is 12.5. The zero-order valence-electron chi connectivity index (χ0n) is 22.1. The molecular formula is C28H25ClFN5O4S. The predicted octanol–water partition coefficient (Wildman–Crippen LogP) is 7.21. The molecule has 1 amide bonds. The number of carbonyl (C=O) groups is 1. The fourth-order valence-corrected chi connectivity index (χ4v) is 5.12. The van der Waals surface area contributed by atoms with Crippen LogP contribution in [-0.2, 0) is 4.74 Å². The Hall–Kier alpha value is -4.09. The van der Waals surface area contributed by atoms with Gasteiger partial charge in [0.25, 0.3) is 0 Å². The van der Waals surface area contributed by atoms with Gasteiger partial charge in [0.1, 0.15) is 28.8 Å². The highest BCUT2D eigenvalue weighted by atomic mass is 35.5. The van der Waals surface area contributed by atoms with Gasteiger partial charge in [0.2, 0.25) is 0 Å². The molecule has 1 N–H and O–H groups in total. The zero-order chi connectivity index (χ0) is 28.4. The van der Waals surface area contributed by atoms with Crippen LogP contribution in [0.1, 0.15) is 26.6 Å². The van der Waals surface area contributed by atoms with E-state index in [0.717, 1.165) is 10.9 Å². The first-order valence-corrected chi connectivity index (χ1v) is 13.6. The molecule has 5 aromatic rings. The van der Waals surface area contributed by atoms with Crippen molar-refractivity contribution in [1.29, 1.82) is 0 Å². The van der Waals surface area contributed by atoms with Crippen LogP contribution < -0.4 is 14.8 Å². The van der Waals surface area contributed by atoms with E-state index in [4.69, 9.17) is 25.8 Å². The molecule has 9 nitrogen and oxygen atoms in total. The molecule has 0 unspecified atom stereocenters. The number of fused-ring (bicyclic) bond motifs is 2. The van der Waals surface area contributed by atoms with Gasteiger partial charge in [-0.05, 0) is 45.9 Å². The summed E-state index contributed by atoms with van der Waals surface area (Å²) in [6.07, 6.45) is 2.56. The van der Waals surface area contributed by atoms with Gasteiger partial charge < -0.3 is 14.2 Å². The maximum absolute atomic E-state index is 15.0. The third-order valence-electron chi connectivity index (χ3n) is 6.00. The van der Waals surface area contributed by atoms with Gasteiger partial charge in [-0.15, -0.1) is 11.3 Å². The maximum atomic E-state index is 15.0. The molecular weight excluding hydrogens is 557 g/mol. The molecule has 0 saturated carbocycles. The van der Waals surface area contributed by atoms with Crippen LogP contribution in [0.15, 0.2) is 48.9 Å². The van der Waals surface area contributed by atoms with E-state index in [1.54, 1.807) is 39.1 Å². The Balaban J connectivity index is 1.34. The topological polar surface area (TPSA) is 108 Å². The summed E-state index contributed by atoms with van der Waals surface area (Å²) in [5.41, 5.74) is 2.31. The lowest BCUT2D eigenvalue weighted by atomic mass is 10.1. The normalized spacial score (nSPS) is 12.8. The number of nitrogens with zero attached hydrogens (tertiary/aromatic N) is 4. The second kappa shape index (κ2) is 11.6. The molecule has 3 heterocycles. The summed E-state index contributed by atoms with van der Waals surface area (Å²) in [7, 11) is 0. The maximum Gasteiger partial charge on any atom is 0.412 e. The Bertz CT molecular complexity index is 1700. The minimum Gasteiger partial charge on any atom is -0.492 e. The van der Waals surface area contributed by atoms with Crippen molar-refractivity contribution < 1.29 is 23.4 Å². The van der Waals surface area contributed by atoms with Crippen LogP contribution in [0.5, 0.6) is 11.5 Å². The standard InChI is InChI=1S/C28H25ClFN5O4S/c1-5-37-20-7-17-6-18(29)8-21(26(17)33-13-20)27-35-23-9-22(30)24(10-25(23)40-27)38-14(2)15(3)39-28(36)34-19-11-31-16(4)32-12-19/h6-15H,5H2,1-4H3,(H,34,36)/t14-,15+/m0/s1. The predicted molar refractivity (Wildman–Crippen MR) is 153 cm³/mol. The Morgan fingerprint density at radius 2 is 1.85 bits per heavy atom. The van der Waals surface area contributed by atoms with E-state index >= 15 is 4.39 Å². The van der Waals surface area contributed by atoms with E-state index in [9.17, 15) is 4.79 Å². The number of carbonyl (C=O) groups excluding carboxylic acids is 1. The van der Waals surface area contributed by atoms with E-state index in [-0.39, 0.29) is 5.75 Å². The van der Waals surface area contributed by atoms with E-state index in [2.05, 4.69) is 25.3 Å². The molecule has 0 aliphatic carbocycles. The van der Waals surface area contributed by atoms with Gasteiger partial charge in [-0.1, -0.05) is 11.6 Å². The van der Waals surface area contributed by atoms with Crippen molar-refractivity contribution in [1.82, 2.24) is 19.9 Å². The second-order valence-corrected chi connectivity index (χ2v) is 10.4. The zero-order valence-corrected chi connectivity index (χ0v) is 23.6. The quantitative estimate of drug-likeness (QED) is 0.205. The average molecular weight is 582 g/mol. The highest BCUT2D eigenvalue weighted by molar-refractivity contribution is 7.21. The number of anilines is 1. The van der Waals surface area contributed by atoms with Crippen molar-refractivity contribution in [3.8, 4) is 22.1 Å². The largest absolute Gasteiger partial charge is 0.492 e. The minimum absolute atomic E-state index is 0.0217. The summed E-state index contributed by atoms with van der Waals surface area (Å²) >= 11 is 7.77. The Morgan fingerprint density at radius 1 is 1.07 bits per heavy atom. The van der Waals surface area contributed by atoms with Gasteiger partial charge in [-0.25, -0.2) is 24.1 Å². The number of ether oxygens (including phenoxy) is 3. The van der Waals surface area contributed by atoms with E-state index < -0.39 is 24.1 Å². The van der Waals surface area contributed by atoms with Crippen LogP contribution in [0.3, 0.4) is 0 Å². The Kier molecular flexibility index (Phi) is 7.95. The SMILES string of the molecule is CCOc1cnc2c(-c3nc4cc(F)c(O[C@@H](C)[C@@H](C)OC(=O)Nc5cnc(C)nc5)cc4s3)cc(Cl)cc2c1. The average Bonchev–Trinajstić information content (AvgIpc) is 3.32. The fourth-order valence-electron chi connectivity index (χ4n) is 3.90. The summed E-state index contributed by atoms with van der Waals surface area (Å²) in [6.45, 7) is 7.51. The van der Waals surface area contributed by atoms with Crippen molar-refractivity contribution in [2.45, 2.75) is 39.9 Å². The molecule has 0 aliphatic heterocycles. The second-order valence-electron chi connectivity index (χ2n) is 8.98. The lowest BCUT2D eigenvalue weighted by Gasteiger charge is -2.22. The molecule has 2 atom stereocenters. The molecule has 12 heteroatoms. The number of pyridine rings is 1. The lowest BCUT2D eigenvalue weighted by molar-refractivity contribution is 0.0402. The molecule has 3 aromatic heterocycles. The summed E-state index contributed by atoms with van der Waals surface area (Å²) in [6, 6.07) is 8.39. The van der Waals surface area contributed by atoms with Crippen LogP contribution in [0, 0.1) is 12.7 Å². The van der Waals surface area contributed by atoms with Crippen molar-refractivity contribution in [2.75, 3.05) is 11.9 Å². The van der Waals surface area contributed by atoms with Crippen molar-refractivity contribution in [3.63, 3.8) is 0 Å². The number of amides is 1. The molecule has 206 valence electrons. The van der Waals surface area contributed by atoms with Crippen molar-refractivity contribution in [3.05, 3.63) is 65.6 Å². The molecule has 0 aliphatic rings. The highest BCUT2D eigenvalue weighted by Gasteiger charge is 2.22. The smallest absolute Gasteiger partial charge is 0.412 e.